The van der Waals surface area contributed by atoms with Crippen molar-refractivity contribution in [1.29, 1.82) is 0 Å². The number of unbranched alkanes of at least 4 members (excludes halogenated alkanes) is 2. The smallest absolute Gasteiger partial charge is 0.408 e. The molecule has 41 heavy (non-hydrogen) atoms. The maximum Gasteiger partial charge on any atom is 0.408 e. The molecule has 9 nitrogen and oxygen atoms in total. The molecule has 0 radical (unpaired) electrons. The standard InChI is InChI=1S/C31H43ClN4O5/c1-7-8-11-19-36(29(39)24(17-18-25(33)37)34-30(40)41-31(4,5)6)27(22-15-10-9-13-20(22)2)28(38)35-26-21(3)14-12-16-23(26)32/h9-10,12-16,24,27H,7-8,11,17-19H2,1-6H3,(H2,33,37)(H,34,40)(H,35,38). The van der Waals surface area contributed by atoms with Crippen LogP contribution in [-0.4, -0.2) is 46.9 Å². The number of carbonyl (C=O) groups is 4. The van der Waals surface area contributed by atoms with Crippen LogP contribution in [0.5, 0.6) is 0 Å². The molecular formula is C31H43ClN4O5. The lowest BCUT2D eigenvalue weighted by atomic mass is 9.97. The predicted octanol–water partition coefficient (Wildman–Crippen LogP) is 5.81. The number of para-hydroxylation sites is 1. The average Bonchev–Trinajstić information content (AvgIpc) is 2.87. The van der Waals surface area contributed by atoms with E-state index in [-0.39, 0.29) is 19.4 Å². The molecule has 0 spiro atoms. The molecule has 2 unspecified atom stereocenters. The molecule has 0 aliphatic heterocycles. The minimum atomic E-state index is -1.15. The molecule has 4 N–H and O–H groups in total. The van der Waals surface area contributed by atoms with Crippen LogP contribution in [0.4, 0.5) is 10.5 Å². The largest absolute Gasteiger partial charge is 0.444 e. The summed E-state index contributed by atoms with van der Waals surface area (Å²) in [5, 5.41) is 5.93. The van der Waals surface area contributed by atoms with Gasteiger partial charge in [-0.3, -0.25) is 14.4 Å². The minimum Gasteiger partial charge on any atom is -0.444 e. The van der Waals surface area contributed by atoms with Gasteiger partial charge in [-0.1, -0.05) is 67.8 Å². The third-order valence-electron chi connectivity index (χ3n) is 6.47. The Labute approximate surface area is 248 Å². The number of alkyl carbamates (subject to hydrolysis) is 1. The fourth-order valence-corrected chi connectivity index (χ4v) is 4.69. The van der Waals surface area contributed by atoms with Gasteiger partial charge in [-0.05, 0) is 70.2 Å². The number of nitrogens with two attached hydrogens (primary N) is 1. The predicted molar refractivity (Wildman–Crippen MR) is 162 cm³/mol. The van der Waals surface area contributed by atoms with E-state index in [1.165, 1.54) is 4.90 Å². The number of aryl methyl sites for hydroxylation is 2. The first-order valence-electron chi connectivity index (χ1n) is 13.9. The summed E-state index contributed by atoms with van der Waals surface area (Å²) in [7, 11) is 0. The quantitative estimate of drug-likeness (QED) is 0.255. The number of hydrogen-bond acceptors (Lipinski definition) is 5. The number of anilines is 1. The van der Waals surface area contributed by atoms with Crippen molar-refractivity contribution in [1.82, 2.24) is 10.2 Å². The molecule has 0 saturated carbocycles. The second-order valence-corrected chi connectivity index (χ2v) is 11.5. The number of rotatable bonds is 13. The highest BCUT2D eigenvalue weighted by molar-refractivity contribution is 6.34. The molecule has 0 aliphatic carbocycles. The number of carbonyl (C=O) groups excluding carboxylic acids is 4. The lowest BCUT2D eigenvalue weighted by Gasteiger charge is -2.35. The van der Waals surface area contributed by atoms with Crippen LogP contribution < -0.4 is 16.4 Å². The number of benzene rings is 2. The molecule has 0 heterocycles. The fourth-order valence-electron chi connectivity index (χ4n) is 4.42. The van der Waals surface area contributed by atoms with E-state index < -0.39 is 41.5 Å². The van der Waals surface area contributed by atoms with Crippen molar-refractivity contribution >= 4 is 41.1 Å². The van der Waals surface area contributed by atoms with Gasteiger partial charge in [0.25, 0.3) is 5.91 Å². The van der Waals surface area contributed by atoms with E-state index in [2.05, 4.69) is 10.6 Å². The topological polar surface area (TPSA) is 131 Å². The van der Waals surface area contributed by atoms with Gasteiger partial charge in [0.05, 0.1) is 10.7 Å². The maximum atomic E-state index is 14.3. The van der Waals surface area contributed by atoms with Crippen LogP contribution in [0.25, 0.3) is 0 Å². The SMILES string of the molecule is CCCCCN(C(=O)C(CCC(N)=O)NC(=O)OC(C)(C)C)C(C(=O)Nc1c(C)cccc1Cl)c1ccccc1C. The molecule has 0 saturated heterocycles. The second-order valence-electron chi connectivity index (χ2n) is 11.1. The zero-order valence-corrected chi connectivity index (χ0v) is 25.6. The Balaban J connectivity index is 2.60. The van der Waals surface area contributed by atoms with Gasteiger partial charge >= 0.3 is 6.09 Å². The molecule has 0 fully saturated rings. The first-order valence-corrected chi connectivity index (χ1v) is 14.3. The Morgan fingerprint density at radius 1 is 1.00 bits per heavy atom. The summed E-state index contributed by atoms with van der Waals surface area (Å²) in [6, 6.07) is 10.4. The molecule has 0 aliphatic rings. The third kappa shape index (κ3) is 10.4. The summed E-state index contributed by atoms with van der Waals surface area (Å²) in [5.74, 6) is -1.59. The molecule has 0 bridgehead atoms. The molecule has 0 aromatic heterocycles. The number of ether oxygens (including phenoxy) is 1. The van der Waals surface area contributed by atoms with E-state index in [1.54, 1.807) is 39.0 Å². The van der Waals surface area contributed by atoms with Crippen LogP contribution in [0.1, 0.15) is 82.5 Å². The van der Waals surface area contributed by atoms with E-state index in [9.17, 15) is 19.2 Å². The van der Waals surface area contributed by atoms with Crippen molar-refractivity contribution in [3.8, 4) is 0 Å². The number of halogens is 1. The number of hydrogen-bond donors (Lipinski definition) is 3. The summed E-state index contributed by atoms with van der Waals surface area (Å²) < 4.78 is 5.39. The van der Waals surface area contributed by atoms with Crippen molar-refractivity contribution in [2.75, 3.05) is 11.9 Å². The first-order chi connectivity index (χ1) is 19.2. The number of nitrogens with zero attached hydrogens (tertiary/aromatic N) is 1. The molecule has 10 heteroatoms. The van der Waals surface area contributed by atoms with Crippen molar-refractivity contribution in [2.45, 2.75) is 91.3 Å². The Hall–Kier alpha value is -3.59. The number of nitrogens with one attached hydrogen (secondary N) is 2. The van der Waals surface area contributed by atoms with E-state index in [1.807, 2.05) is 45.0 Å². The van der Waals surface area contributed by atoms with Gasteiger partial charge in [0.2, 0.25) is 11.8 Å². The van der Waals surface area contributed by atoms with Crippen LogP contribution in [0.15, 0.2) is 42.5 Å². The Morgan fingerprint density at radius 2 is 1.66 bits per heavy atom. The first kappa shape index (κ1) is 33.6. The van der Waals surface area contributed by atoms with Gasteiger partial charge in [-0.15, -0.1) is 0 Å². The van der Waals surface area contributed by atoms with Crippen molar-refractivity contribution in [3.63, 3.8) is 0 Å². The summed E-state index contributed by atoms with van der Waals surface area (Å²) in [4.78, 5) is 54.2. The van der Waals surface area contributed by atoms with Gasteiger partial charge < -0.3 is 26.0 Å². The van der Waals surface area contributed by atoms with Crippen molar-refractivity contribution < 1.29 is 23.9 Å². The monoisotopic (exact) mass is 586 g/mol. The maximum absolute atomic E-state index is 14.3. The Bertz CT molecular complexity index is 1210. The van der Waals surface area contributed by atoms with Gasteiger partial charge in [0.15, 0.2) is 0 Å². The average molecular weight is 587 g/mol. The molecule has 2 aromatic carbocycles. The zero-order chi connectivity index (χ0) is 30.7. The fraction of sp³-hybridized carbons (Fsp3) is 0.484. The number of amides is 4. The Kier molecular flexibility index (Phi) is 12.6. The summed E-state index contributed by atoms with van der Waals surface area (Å²) >= 11 is 6.43. The van der Waals surface area contributed by atoms with Gasteiger partial charge in [0, 0.05) is 13.0 Å². The molecular weight excluding hydrogens is 544 g/mol. The highest BCUT2D eigenvalue weighted by Crippen LogP contribution is 2.31. The van der Waals surface area contributed by atoms with Gasteiger partial charge in [-0.2, -0.15) is 0 Å². The second kappa shape index (κ2) is 15.4. The van der Waals surface area contributed by atoms with Crippen molar-refractivity contribution in [2.24, 2.45) is 5.73 Å². The van der Waals surface area contributed by atoms with Crippen LogP contribution in [0.3, 0.4) is 0 Å². The van der Waals surface area contributed by atoms with Gasteiger partial charge in [0.1, 0.15) is 17.7 Å². The summed E-state index contributed by atoms with van der Waals surface area (Å²) in [6.45, 7) is 11.1. The lowest BCUT2D eigenvalue weighted by molar-refractivity contribution is -0.141. The summed E-state index contributed by atoms with van der Waals surface area (Å²) in [5.41, 5.74) is 7.25. The minimum absolute atomic E-state index is 0.0522. The molecule has 4 amide bonds. The normalized spacial score (nSPS) is 12.7. The molecule has 2 rings (SSSR count). The zero-order valence-electron chi connectivity index (χ0n) is 24.9. The highest BCUT2D eigenvalue weighted by atomic mass is 35.5. The van der Waals surface area contributed by atoms with E-state index in [4.69, 9.17) is 22.1 Å². The van der Waals surface area contributed by atoms with E-state index in [0.29, 0.717) is 22.7 Å². The number of primary amides is 1. The van der Waals surface area contributed by atoms with Crippen LogP contribution >= 0.6 is 11.6 Å². The van der Waals surface area contributed by atoms with Crippen molar-refractivity contribution in [3.05, 3.63) is 64.2 Å². The summed E-state index contributed by atoms with van der Waals surface area (Å²) in [6.07, 6.45) is 1.33. The third-order valence-corrected chi connectivity index (χ3v) is 6.78. The molecule has 2 aromatic rings. The lowest BCUT2D eigenvalue weighted by Crippen LogP contribution is -2.53. The van der Waals surface area contributed by atoms with Crippen LogP contribution in [-0.2, 0) is 19.1 Å². The highest BCUT2D eigenvalue weighted by Gasteiger charge is 2.37. The van der Waals surface area contributed by atoms with E-state index >= 15 is 0 Å². The van der Waals surface area contributed by atoms with Gasteiger partial charge in [-0.25, -0.2) is 4.79 Å². The van der Waals surface area contributed by atoms with Crippen LogP contribution in [0.2, 0.25) is 5.02 Å². The van der Waals surface area contributed by atoms with E-state index in [0.717, 1.165) is 24.0 Å². The Morgan fingerprint density at radius 3 is 2.24 bits per heavy atom. The van der Waals surface area contributed by atoms with Crippen LogP contribution in [0, 0.1) is 13.8 Å². The molecule has 2 atom stereocenters. The molecule has 224 valence electrons.